The number of carbonyl (C=O) groups excluding carboxylic acids is 3. The quantitative estimate of drug-likeness (QED) is 0.781. The Morgan fingerprint density at radius 3 is 1.96 bits per heavy atom. The maximum absolute atomic E-state index is 12.5. The fourth-order valence-electron chi connectivity index (χ4n) is 3.53. The summed E-state index contributed by atoms with van der Waals surface area (Å²) in [5, 5.41) is 0. The predicted molar refractivity (Wildman–Crippen MR) is 102 cm³/mol. The van der Waals surface area contributed by atoms with Gasteiger partial charge in [0.1, 0.15) is 0 Å². The Morgan fingerprint density at radius 1 is 0.852 bits per heavy atom. The summed E-state index contributed by atoms with van der Waals surface area (Å²) in [6, 6.07) is 13.9. The minimum Gasteiger partial charge on any atom is -0.340 e. The number of likely N-dealkylation sites (N-methyl/N-ethyl adjacent to an activating group) is 1. The van der Waals surface area contributed by atoms with Crippen molar-refractivity contribution in [2.45, 2.75) is 6.42 Å². The third kappa shape index (κ3) is 3.24. The molecule has 2 heterocycles. The van der Waals surface area contributed by atoms with Crippen molar-refractivity contribution in [3.63, 3.8) is 0 Å². The summed E-state index contributed by atoms with van der Waals surface area (Å²) in [6.07, 6.45) is 0.326. The highest BCUT2D eigenvalue weighted by Crippen LogP contribution is 2.28. The molecule has 2 aliphatic heterocycles. The van der Waals surface area contributed by atoms with E-state index in [1.54, 1.807) is 36.4 Å². The second kappa shape index (κ2) is 6.96. The molecule has 0 N–H and O–H groups in total. The van der Waals surface area contributed by atoms with Crippen molar-refractivity contribution in [2.24, 2.45) is 0 Å². The Morgan fingerprint density at radius 2 is 1.41 bits per heavy atom. The number of rotatable bonds is 3. The first-order valence-corrected chi connectivity index (χ1v) is 9.07. The number of anilines is 1. The first kappa shape index (κ1) is 17.4. The number of nitrogens with zero attached hydrogens (tertiary/aromatic N) is 3. The zero-order valence-corrected chi connectivity index (χ0v) is 15.2. The van der Waals surface area contributed by atoms with Gasteiger partial charge in [-0.3, -0.25) is 14.4 Å². The van der Waals surface area contributed by atoms with Crippen LogP contribution in [0.25, 0.3) is 0 Å². The number of amides is 3. The van der Waals surface area contributed by atoms with Gasteiger partial charge in [-0.1, -0.05) is 24.3 Å². The van der Waals surface area contributed by atoms with Gasteiger partial charge in [0.25, 0.3) is 11.8 Å². The lowest BCUT2D eigenvalue weighted by Gasteiger charge is -2.32. The van der Waals surface area contributed by atoms with Gasteiger partial charge in [0.15, 0.2) is 0 Å². The molecule has 0 bridgehead atoms. The van der Waals surface area contributed by atoms with E-state index in [0.717, 1.165) is 31.7 Å². The van der Waals surface area contributed by atoms with Crippen molar-refractivity contribution in [1.29, 1.82) is 0 Å². The monoisotopic (exact) mass is 363 g/mol. The van der Waals surface area contributed by atoms with Crippen LogP contribution in [0.1, 0.15) is 26.3 Å². The number of hydrogen-bond acceptors (Lipinski definition) is 4. The normalized spacial score (nSPS) is 17.4. The topological polar surface area (TPSA) is 60.9 Å². The van der Waals surface area contributed by atoms with Crippen LogP contribution in [-0.2, 0) is 11.2 Å². The van der Waals surface area contributed by atoms with Crippen LogP contribution in [0.5, 0.6) is 0 Å². The van der Waals surface area contributed by atoms with Crippen LogP contribution in [-0.4, -0.2) is 60.7 Å². The lowest BCUT2D eigenvalue weighted by atomic mass is 10.1. The SMILES string of the molecule is CN1CCN(C(=O)Cc2ccc(N3C(=O)c4ccccc4C3=O)cc2)CC1. The smallest absolute Gasteiger partial charge is 0.266 e. The molecular formula is C21H21N3O3. The Hall–Kier alpha value is -2.99. The van der Waals surface area contributed by atoms with E-state index in [1.165, 1.54) is 4.90 Å². The Bertz CT molecular complexity index is 864. The maximum atomic E-state index is 12.5. The number of piperazine rings is 1. The molecule has 6 nitrogen and oxygen atoms in total. The zero-order valence-electron chi connectivity index (χ0n) is 15.2. The molecule has 3 amide bonds. The largest absolute Gasteiger partial charge is 0.340 e. The van der Waals surface area contributed by atoms with E-state index in [-0.39, 0.29) is 17.7 Å². The third-order valence-electron chi connectivity index (χ3n) is 5.20. The fraction of sp³-hybridized carbons (Fsp3) is 0.286. The Labute approximate surface area is 158 Å². The zero-order chi connectivity index (χ0) is 19.0. The molecule has 0 radical (unpaired) electrons. The van der Waals surface area contributed by atoms with Crippen molar-refractivity contribution >= 4 is 23.4 Å². The highest BCUT2D eigenvalue weighted by Gasteiger charge is 2.36. The van der Waals surface area contributed by atoms with Gasteiger partial charge >= 0.3 is 0 Å². The van der Waals surface area contributed by atoms with Gasteiger partial charge < -0.3 is 9.80 Å². The minimum atomic E-state index is -0.308. The van der Waals surface area contributed by atoms with Crippen molar-refractivity contribution in [2.75, 3.05) is 38.1 Å². The summed E-state index contributed by atoms with van der Waals surface area (Å²) in [4.78, 5) is 42.8. The standard InChI is InChI=1S/C21H21N3O3/c1-22-10-12-23(13-11-22)19(25)14-15-6-8-16(9-7-15)24-20(26)17-4-2-3-5-18(17)21(24)27/h2-9H,10-14H2,1H3. The molecule has 0 spiro atoms. The summed E-state index contributed by atoms with van der Waals surface area (Å²) >= 11 is 0. The molecule has 0 atom stereocenters. The van der Waals surface area contributed by atoms with Gasteiger partial charge in [0.05, 0.1) is 23.2 Å². The molecule has 6 heteroatoms. The van der Waals surface area contributed by atoms with Crippen molar-refractivity contribution < 1.29 is 14.4 Å². The van der Waals surface area contributed by atoms with E-state index in [1.807, 2.05) is 17.0 Å². The van der Waals surface area contributed by atoms with Crippen LogP contribution in [0.4, 0.5) is 5.69 Å². The van der Waals surface area contributed by atoms with Crippen LogP contribution in [0.3, 0.4) is 0 Å². The molecule has 1 saturated heterocycles. The Kier molecular flexibility index (Phi) is 4.49. The molecule has 1 fully saturated rings. The van der Waals surface area contributed by atoms with Crippen molar-refractivity contribution in [1.82, 2.24) is 9.80 Å². The summed E-state index contributed by atoms with van der Waals surface area (Å²) in [7, 11) is 2.06. The summed E-state index contributed by atoms with van der Waals surface area (Å²) < 4.78 is 0. The van der Waals surface area contributed by atoms with E-state index in [0.29, 0.717) is 23.2 Å². The molecule has 2 aromatic rings. The number of fused-ring (bicyclic) bond motifs is 1. The number of benzene rings is 2. The number of carbonyl (C=O) groups is 3. The third-order valence-corrected chi connectivity index (χ3v) is 5.20. The second-order valence-corrected chi connectivity index (χ2v) is 7.02. The van der Waals surface area contributed by atoms with Crippen molar-refractivity contribution in [3.05, 3.63) is 65.2 Å². The molecule has 0 unspecified atom stereocenters. The summed E-state index contributed by atoms with van der Waals surface area (Å²) in [5.41, 5.74) is 2.25. The lowest BCUT2D eigenvalue weighted by molar-refractivity contribution is -0.132. The van der Waals surface area contributed by atoms with Gasteiger partial charge in [0.2, 0.25) is 5.91 Å². The van der Waals surface area contributed by atoms with E-state index >= 15 is 0 Å². The van der Waals surface area contributed by atoms with Gasteiger partial charge in [-0.05, 0) is 36.9 Å². The molecule has 2 aromatic carbocycles. The number of hydrogen-bond donors (Lipinski definition) is 0. The van der Waals surface area contributed by atoms with E-state index < -0.39 is 0 Å². The molecule has 0 saturated carbocycles. The van der Waals surface area contributed by atoms with Gasteiger partial charge in [-0.25, -0.2) is 4.90 Å². The summed E-state index contributed by atoms with van der Waals surface area (Å²) in [5.74, 6) is -0.509. The molecular weight excluding hydrogens is 342 g/mol. The van der Waals surface area contributed by atoms with Crippen LogP contribution >= 0.6 is 0 Å². The van der Waals surface area contributed by atoms with Gasteiger partial charge in [-0.2, -0.15) is 0 Å². The van der Waals surface area contributed by atoms with Gasteiger partial charge in [0, 0.05) is 26.2 Å². The molecule has 27 heavy (non-hydrogen) atoms. The Balaban J connectivity index is 1.46. The minimum absolute atomic E-state index is 0.108. The molecule has 0 aliphatic carbocycles. The van der Waals surface area contributed by atoms with E-state index in [9.17, 15) is 14.4 Å². The molecule has 2 aliphatic rings. The van der Waals surface area contributed by atoms with E-state index in [4.69, 9.17) is 0 Å². The maximum Gasteiger partial charge on any atom is 0.266 e. The molecule has 4 rings (SSSR count). The average molecular weight is 363 g/mol. The lowest BCUT2D eigenvalue weighted by Crippen LogP contribution is -2.47. The van der Waals surface area contributed by atoms with E-state index in [2.05, 4.69) is 11.9 Å². The highest BCUT2D eigenvalue weighted by molar-refractivity contribution is 6.34. The first-order chi connectivity index (χ1) is 13.0. The molecule has 0 aromatic heterocycles. The predicted octanol–water partition coefficient (Wildman–Crippen LogP) is 1.80. The fourth-order valence-corrected chi connectivity index (χ4v) is 3.53. The molecule has 138 valence electrons. The summed E-state index contributed by atoms with van der Waals surface area (Å²) in [6.45, 7) is 3.29. The highest BCUT2D eigenvalue weighted by atomic mass is 16.2. The van der Waals surface area contributed by atoms with Crippen LogP contribution in [0.15, 0.2) is 48.5 Å². The van der Waals surface area contributed by atoms with Crippen LogP contribution in [0.2, 0.25) is 0 Å². The van der Waals surface area contributed by atoms with Crippen molar-refractivity contribution in [3.8, 4) is 0 Å². The first-order valence-electron chi connectivity index (χ1n) is 9.07. The number of imide groups is 1. The second-order valence-electron chi connectivity index (χ2n) is 7.02. The van der Waals surface area contributed by atoms with Crippen LogP contribution < -0.4 is 4.90 Å². The van der Waals surface area contributed by atoms with Crippen LogP contribution in [0, 0.1) is 0 Å². The van der Waals surface area contributed by atoms with Gasteiger partial charge in [-0.15, -0.1) is 0 Å². The average Bonchev–Trinajstić information content (AvgIpc) is 2.94.